The Morgan fingerprint density at radius 2 is 2.35 bits per heavy atom. The van der Waals surface area contributed by atoms with E-state index in [9.17, 15) is 9.70 Å². The lowest BCUT2D eigenvalue weighted by Crippen LogP contribution is -2.41. The lowest BCUT2D eigenvalue weighted by molar-refractivity contribution is 0.247. The number of urea groups is 1. The van der Waals surface area contributed by atoms with E-state index >= 15 is 0 Å². The third-order valence-electron chi connectivity index (χ3n) is 2.85. The number of halogens is 1. The molecule has 0 saturated heterocycles. The molecule has 0 radical (unpaired) electrons. The van der Waals surface area contributed by atoms with Crippen LogP contribution < -0.4 is 10.2 Å². The zero-order valence-electron chi connectivity index (χ0n) is 9.31. The Labute approximate surface area is 107 Å². The van der Waals surface area contributed by atoms with E-state index < -0.39 is 0 Å². The molecule has 1 N–H and O–H groups in total. The first-order chi connectivity index (χ1) is 8.17. The Bertz CT molecular complexity index is 464. The number of carbonyl (C=O) groups is 1. The van der Waals surface area contributed by atoms with Crippen LogP contribution in [-0.4, -0.2) is 19.6 Å². The zero-order chi connectivity index (χ0) is 12.4. The van der Waals surface area contributed by atoms with Gasteiger partial charge < -0.3 is 5.32 Å². The lowest BCUT2D eigenvalue weighted by Gasteiger charge is -2.31. The fourth-order valence-electron chi connectivity index (χ4n) is 2.02. The van der Waals surface area contributed by atoms with Crippen molar-refractivity contribution in [3.8, 4) is 0 Å². The molecule has 6 heteroatoms. The van der Waals surface area contributed by atoms with Gasteiger partial charge in [0.25, 0.3) is 0 Å². The molecule has 0 aromatic heterocycles. The van der Waals surface area contributed by atoms with Gasteiger partial charge in [0.05, 0.1) is 5.69 Å². The van der Waals surface area contributed by atoms with Crippen molar-refractivity contribution < 1.29 is 4.79 Å². The van der Waals surface area contributed by atoms with E-state index in [-0.39, 0.29) is 12.1 Å². The number of nitrogens with zero attached hydrogens (tertiary/aromatic N) is 2. The number of rotatable bonds is 1. The van der Waals surface area contributed by atoms with Gasteiger partial charge in [-0.2, -0.15) is 4.91 Å². The first kappa shape index (κ1) is 12.0. The van der Waals surface area contributed by atoms with Crippen LogP contribution in [0.2, 0.25) is 0 Å². The molecule has 2 amide bonds. The van der Waals surface area contributed by atoms with Crippen LogP contribution >= 0.6 is 15.9 Å². The largest absolute Gasteiger partial charge is 0.341 e. The van der Waals surface area contributed by atoms with Gasteiger partial charge in [-0.25, -0.2) is 4.79 Å². The monoisotopic (exact) mass is 297 g/mol. The maximum absolute atomic E-state index is 11.7. The highest BCUT2D eigenvalue weighted by Crippen LogP contribution is 2.37. The molecule has 1 aromatic rings. The number of nitrogens with one attached hydrogen (secondary N) is 1. The number of benzene rings is 1. The van der Waals surface area contributed by atoms with Crippen LogP contribution in [0.15, 0.2) is 27.8 Å². The maximum atomic E-state index is 11.7. The molecular weight excluding hydrogens is 286 g/mol. The summed E-state index contributed by atoms with van der Waals surface area (Å²) in [7, 11) is 1.59. The van der Waals surface area contributed by atoms with Gasteiger partial charge in [0.2, 0.25) is 0 Å². The van der Waals surface area contributed by atoms with E-state index in [1.165, 1.54) is 0 Å². The maximum Gasteiger partial charge on any atom is 0.321 e. The normalized spacial score (nSPS) is 18.5. The molecule has 17 heavy (non-hydrogen) atoms. The zero-order valence-corrected chi connectivity index (χ0v) is 10.9. The number of hydrogen-bond donors (Lipinski definition) is 1. The van der Waals surface area contributed by atoms with Crippen LogP contribution in [0.1, 0.15) is 18.0 Å². The van der Waals surface area contributed by atoms with E-state index in [0.717, 1.165) is 15.7 Å². The highest BCUT2D eigenvalue weighted by Gasteiger charge is 2.28. The van der Waals surface area contributed by atoms with Crippen molar-refractivity contribution in [3.05, 3.63) is 33.1 Å². The Kier molecular flexibility index (Phi) is 3.42. The van der Waals surface area contributed by atoms with Gasteiger partial charge in [0.1, 0.15) is 6.04 Å². The van der Waals surface area contributed by atoms with Crippen LogP contribution in [0, 0.1) is 4.91 Å². The van der Waals surface area contributed by atoms with Gasteiger partial charge in [0, 0.05) is 23.6 Å². The molecule has 1 aliphatic rings. The van der Waals surface area contributed by atoms with Gasteiger partial charge >= 0.3 is 6.03 Å². The summed E-state index contributed by atoms with van der Waals surface area (Å²) in [6, 6.07) is 4.98. The predicted octanol–water partition coefficient (Wildman–Crippen LogP) is 2.81. The molecule has 1 aliphatic heterocycles. The van der Waals surface area contributed by atoms with E-state index in [1.54, 1.807) is 11.9 Å². The molecular formula is C11H12BrN3O2. The Hall–Kier alpha value is -1.43. The van der Waals surface area contributed by atoms with Crippen LogP contribution in [0.3, 0.4) is 0 Å². The molecule has 0 fully saturated rings. The molecule has 1 atom stereocenters. The van der Waals surface area contributed by atoms with E-state index in [4.69, 9.17) is 0 Å². The molecule has 0 saturated carbocycles. The third-order valence-corrected chi connectivity index (χ3v) is 3.35. The summed E-state index contributed by atoms with van der Waals surface area (Å²) in [6.45, 7) is 0.505. The molecule has 1 heterocycles. The fourth-order valence-corrected chi connectivity index (χ4v) is 2.40. The minimum Gasteiger partial charge on any atom is -0.341 e. The van der Waals surface area contributed by atoms with Gasteiger partial charge in [-0.3, -0.25) is 4.90 Å². The van der Waals surface area contributed by atoms with Crippen molar-refractivity contribution in [1.29, 1.82) is 0 Å². The average molecular weight is 298 g/mol. The van der Waals surface area contributed by atoms with Crippen molar-refractivity contribution in [2.75, 3.05) is 18.5 Å². The van der Waals surface area contributed by atoms with Crippen LogP contribution in [0.4, 0.5) is 10.5 Å². The highest BCUT2D eigenvalue weighted by molar-refractivity contribution is 9.10. The van der Waals surface area contributed by atoms with Crippen molar-refractivity contribution >= 4 is 27.6 Å². The molecule has 0 bridgehead atoms. The number of hydrogen-bond acceptors (Lipinski definition) is 3. The number of nitroso groups, excluding NO2 is 1. The number of carbonyl (C=O) groups excluding carboxylic acids is 1. The summed E-state index contributed by atoms with van der Waals surface area (Å²) in [6.07, 6.45) is 0.556. The molecule has 1 unspecified atom stereocenters. The molecule has 2 rings (SSSR count). The summed E-state index contributed by atoms with van der Waals surface area (Å²) < 4.78 is 0.878. The van der Waals surface area contributed by atoms with Gasteiger partial charge in [-0.05, 0) is 24.6 Å². The SMILES string of the molecule is CNC(=O)N1CCC(N=O)c2cc(Br)ccc21. The first-order valence-electron chi connectivity index (χ1n) is 5.28. The Morgan fingerprint density at radius 3 is 3.00 bits per heavy atom. The van der Waals surface area contributed by atoms with Crippen molar-refractivity contribution in [2.45, 2.75) is 12.5 Å². The smallest absolute Gasteiger partial charge is 0.321 e. The summed E-state index contributed by atoms with van der Waals surface area (Å²) in [5, 5.41) is 5.71. The predicted molar refractivity (Wildman–Crippen MR) is 69.1 cm³/mol. The molecule has 0 aliphatic carbocycles. The summed E-state index contributed by atoms with van der Waals surface area (Å²) in [4.78, 5) is 24.1. The topological polar surface area (TPSA) is 61.8 Å². The fraction of sp³-hybridized carbons (Fsp3) is 0.364. The minimum atomic E-state index is -0.372. The number of fused-ring (bicyclic) bond motifs is 1. The molecule has 1 aromatic carbocycles. The second kappa shape index (κ2) is 4.83. The first-order valence-corrected chi connectivity index (χ1v) is 6.08. The highest BCUT2D eigenvalue weighted by atomic mass is 79.9. The second-order valence-corrected chi connectivity index (χ2v) is 4.74. The van der Waals surface area contributed by atoms with Crippen molar-refractivity contribution in [3.63, 3.8) is 0 Å². The quantitative estimate of drug-likeness (QED) is 0.810. The standard InChI is InChI=1S/C11H12BrN3O2/c1-13-11(16)15-5-4-9(14-17)8-6-7(12)2-3-10(8)15/h2-3,6,9H,4-5H2,1H3,(H,13,16). The minimum absolute atomic E-state index is 0.169. The number of amides is 2. The summed E-state index contributed by atoms with van der Waals surface area (Å²) in [5.41, 5.74) is 1.55. The Morgan fingerprint density at radius 1 is 1.59 bits per heavy atom. The van der Waals surface area contributed by atoms with E-state index in [1.807, 2.05) is 18.2 Å². The van der Waals surface area contributed by atoms with Crippen LogP contribution in [0.5, 0.6) is 0 Å². The van der Waals surface area contributed by atoms with Gasteiger partial charge in [-0.1, -0.05) is 21.1 Å². The third kappa shape index (κ3) is 2.17. The lowest BCUT2D eigenvalue weighted by atomic mass is 9.97. The molecule has 5 nitrogen and oxygen atoms in total. The van der Waals surface area contributed by atoms with Crippen molar-refractivity contribution in [2.24, 2.45) is 5.18 Å². The summed E-state index contributed by atoms with van der Waals surface area (Å²) in [5.74, 6) is 0. The van der Waals surface area contributed by atoms with Gasteiger partial charge in [0.15, 0.2) is 0 Å². The Balaban J connectivity index is 2.47. The second-order valence-electron chi connectivity index (χ2n) is 3.82. The van der Waals surface area contributed by atoms with Crippen LogP contribution in [0.25, 0.3) is 0 Å². The van der Waals surface area contributed by atoms with Gasteiger partial charge in [-0.15, -0.1) is 0 Å². The summed E-state index contributed by atoms with van der Waals surface area (Å²) >= 11 is 3.36. The number of anilines is 1. The molecule has 90 valence electrons. The average Bonchev–Trinajstić information content (AvgIpc) is 2.36. The van der Waals surface area contributed by atoms with Crippen LogP contribution in [-0.2, 0) is 0 Å². The van der Waals surface area contributed by atoms with Crippen molar-refractivity contribution in [1.82, 2.24) is 5.32 Å². The van der Waals surface area contributed by atoms with E-state index in [0.29, 0.717) is 13.0 Å². The molecule has 0 spiro atoms. The van der Waals surface area contributed by atoms with E-state index in [2.05, 4.69) is 26.4 Å².